The molecule has 0 aliphatic rings. The number of halogens is 1. The van der Waals surface area contributed by atoms with Gasteiger partial charge in [-0.3, -0.25) is 0 Å². The van der Waals surface area contributed by atoms with Crippen LogP contribution in [0.3, 0.4) is 0 Å². The Kier molecular flexibility index (Phi) is 6.20. The van der Waals surface area contributed by atoms with E-state index in [4.69, 9.17) is 9.26 Å². The molecule has 26 heavy (non-hydrogen) atoms. The van der Waals surface area contributed by atoms with Gasteiger partial charge in [0.25, 0.3) is 0 Å². The van der Waals surface area contributed by atoms with Gasteiger partial charge in [-0.25, -0.2) is 9.18 Å². The lowest BCUT2D eigenvalue weighted by molar-refractivity contribution is 0.0698. The van der Waals surface area contributed by atoms with Crippen LogP contribution >= 0.6 is 0 Å². The van der Waals surface area contributed by atoms with Crippen LogP contribution in [0.5, 0.6) is 5.75 Å². The summed E-state index contributed by atoms with van der Waals surface area (Å²) in [7, 11) is 5.26. The number of methoxy groups -OCH3 is 1. The van der Waals surface area contributed by atoms with Crippen LogP contribution in [-0.4, -0.2) is 54.9 Å². The van der Waals surface area contributed by atoms with Gasteiger partial charge >= 0.3 is 5.97 Å². The summed E-state index contributed by atoms with van der Waals surface area (Å²) in [6.45, 7) is 4.68. The van der Waals surface area contributed by atoms with Crippen molar-refractivity contribution in [2.45, 2.75) is 19.9 Å². The first-order valence-corrected chi connectivity index (χ1v) is 8.23. The molecule has 0 amide bonds. The molecule has 1 aromatic carbocycles. The van der Waals surface area contributed by atoms with Gasteiger partial charge < -0.3 is 24.6 Å². The first kappa shape index (κ1) is 19.7. The monoisotopic (exact) mass is 365 g/mol. The highest BCUT2D eigenvalue weighted by molar-refractivity contribution is 5.99. The molecule has 142 valence electrons. The van der Waals surface area contributed by atoms with E-state index < -0.39 is 11.8 Å². The number of aromatic carboxylic acids is 1. The third kappa shape index (κ3) is 4.13. The molecule has 1 atom stereocenters. The fourth-order valence-electron chi connectivity index (χ4n) is 2.82. The van der Waals surface area contributed by atoms with Crippen molar-refractivity contribution >= 4 is 11.8 Å². The molecule has 0 saturated carbocycles. The second-order valence-corrected chi connectivity index (χ2v) is 6.55. The van der Waals surface area contributed by atoms with Crippen LogP contribution in [0.4, 0.5) is 10.2 Å². The maximum absolute atomic E-state index is 13.6. The Morgan fingerprint density at radius 3 is 2.65 bits per heavy atom. The minimum Gasteiger partial charge on any atom is -0.494 e. The van der Waals surface area contributed by atoms with E-state index in [1.54, 1.807) is 0 Å². The highest BCUT2D eigenvalue weighted by Crippen LogP contribution is 2.32. The SMILES string of the molecule is COc1cc(-c2onc(NCC(C(C)C)N(C)C)c2C(=O)O)ccc1F. The van der Waals surface area contributed by atoms with Crippen molar-refractivity contribution in [2.75, 3.05) is 33.1 Å². The largest absolute Gasteiger partial charge is 0.494 e. The van der Waals surface area contributed by atoms with E-state index in [2.05, 4.69) is 29.2 Å². The molecule has 0 spiro atoms. The molecule has 0 fully saturated rings. The quantitative estimate of drug-likeness (QED) is 0.743. The number of ether oxygens (including phenoxy) is 1. The number of aromatic nitrogens is 1. The Morgan fingerprint density at radius 1 is 1.42 bits per heavy atom. The summed E-state index contributed by atoms with van der Waals surface area (Å²) in [6.07, 6.45) is 0. The van der Waals surface area contributed by atoms with Crippen molar-refractivity contribution in [1.82, 2.24) is 10.1 Å². The lowest BCUT2D eigenvalue weighted by Crippen LogP contribution is -2.38. The van der Waals surface area contributed by atoms with Gasteiger partial charge in [0, 0.05) is 18.2 Å². The predicted octanol–water partition coefficient (Wildman–Crippen LogP) is 3.19. The molecular weight excluding hydrogens is 341 g/mol. The zero-order chi connectivity index (χ0) is 19.4. The fraction of sp³-hybridized carbons (Fsp3) is 0.444. The number of nitrogens with zero attached hydrogens (tertiary/aromatic N) is 2. The highest BCUT2D eigenvalue weighted by atomic mass is 19.1. The highest BCUT2D eigenvalue weighted by Gasteiger charge is 2.26. The molecule has 0 bridgehead atoms. The van der Waals surface area contributed by atoms with Gasteiger partial charge in [0.15, 0.2) is 28.7 Å². The van der Waals surface area contributed by atoms with Crippen LogP contribution in [0.25, 0.3) is 11.3 Å². The van der Waals surface area contributed by atoms with Crippen molar-refractivity contribution < 1.29 is 23.6 Å². The summed E-state index contributed by atoms with van der Waals surface area (Å²) >= 11 is 0. The van der Waals surface area contributed by atoms with Gasteiger partial charge in [-0.2, -0.15) is 0 Å². The minimum atomic E-state index is -1.18. The third-order valence-corrected chi connectivity index (χ3v) is 4.23. The number of nitrogens with one attached hydrogen (secondary N) is 1. The zero-order valence-electron chi connectivity index (χ0n) is 15.5. The molecule has 1 aromatic heterocycles. The van der Waals surface area contributed by atoms with Crippen LogP contribution in [0.1, 0.15) is 24.2 Å². The number of carboxylic acids is 1. The van der Waals surface area contributed by atoms with Crippen molar-refractivity contribution in [2.24, 2.45) is 5.92 Å². The Balaban J connectivity index is 2.35. The van der Waals surface area contributed by atoms with Crippen LogP contribution in [0, 0.1) is 11.7 Å². The standard InChI is InChI=1S/C18H24FN3O4/c1-10(2)13(22(3)4)9-20-17-15(18(23)24)16(26-21-17)11-6-7-12(19)14(8-11)25-5/h6-8,10,13H,9H2,1-5H3,(H,20,21)(H,23,24). The molecule has 7 nitrogen and oxygen atoms in total. The second-order valence-electron chi connectivity index (χ2n) is 6.55. The number of rotatable bonds is 8. The molecule has 0 saturated heterocycles. The lowest BCUT2D eigenvalue weighted by atomic mass is 10.0. The number of hydrogen-bond donors (Lipinski definition) is 2. The van der Waals surface area contributed by atoms with Crippen molar-refractivity contribution in [1.29, 1.82) is 0 Å². The number of anilines is 1. The topological polar surface area (TPSA) is 87.8 Å². The maximum Gasteiger partial charge on any atom is 0.343 e. The van der Waals surface area contributed by atoms with Crippen molar-refractivity contribution in [3.63, 3.8) is 0 Å². The Labute approximate surface area is 151 Å². The van der Waals surface area contributed by atoms with Gasteiger partial charge in [0.2, 0.25) is 0 Å². The van der Waals surface area contributed by atoms with E-state index in [1.165, 1.54) is 25.3 Å². The van der Waals surface area contributed by atoms with Gasteiger partial charge in [-0.05, 0) is 38.2 Å². The molecule has 1 unspecified atom stereocenters. The summed E-state index contributed by atoms with van der Waals surface area (Å²) in [5.41, 5.74) is 0.272. The van der Waals surface area contributed by atoms with E-state index in [0.717, 1.165) is 0 Å². The number of carbonyl (C=O) groups is 1. The minimum absolute atomic E-state index is 0.00257. The number of benzene rings is 1. The van der Waals surface area contributed by atoms with Crippen LogP contribution < -0.4 is 10.1 Å². The fourth-order valence-corrected chi connectivity index (χ4v) is 2.82. The van der Waals surface area contributed by atoms with E-state index in [1.807, 2.05) is 14.1 Å². The summed E-state index contributed by atoms with van der Waals surface area (Å²) < 4.78 is 23.8. The van der Waals surface area contributed by atoms with E-state index >= 15 is 0 Å². The molecule has 2 aromatic rings. The van der Waals surface area contributed by atoms with Crippen molar-refractivity contribution in [3.8, 4) is 17.1 Å². The smallest absolute Gasteiger partial charge is 0.343 e. The van der Waals surface area contributed by atoms with Gasteiger partial charge in [-0.1, -0.05) is 19.0 Å². The summed E-state index contributed by atoms with van der Waals surface area (Å²) in [5.74, 6) is -1.18. The van der Waals surface area contributed by atoms with Gasteiger partial charge in [0.1, 0.15) is 0 Å². The second kappa shape index (κ2) is 8.18. The normalized spacial score (nSPS) is 12.5. The third-order valence-electron chi connectivity index (χ3n) is 4.23. The van der Waals surface area contributed by atoms with Gasteiger partial charge in [-0.15, -0.1) is 0 Å². The molecule has 0 radical (unpaired) electrons. The first-order valence-electron chi connectivity index (χ1n) is 8.23. The molecule has 1 heterocycles. The van der Waals surface area contributed by atoms with E-state index in [-0.39, 0.29) is 28.9 Å². The molecule has 0 aliphatic heterocycles. The summed E-state index contributed by atoms with van der Waals surface area (Å²) in [6, 6.07) is 4.17. The number of likely N-dealkylation sites (N-methyl/N-ethyl adjacent to an activating group) is 1. The number of hydrogen-bond acceptors (Lipinski definition) is 6. The Bertz CT molecular complexity index is 766. The maximum atomic E-state index is 13.6. The molecule has 2 N–H and O–H groups in total. The van der Waals surface area contributed by atoms with Crippen LogP contribution in [0.15, 0.2) is 22.7 Å². The van der Waals surface area contributed by atoms with E-state index in [9.17, 15) is 14.3 Å². The molecular formula is C18H24FN3O4. The molecule has 0 aliphatic carbocycles. The number of carboxylic acid groups (broad SMARTS) is 1. The molecule has 8 heteroatoms. The predicted molar refractivity (Wildman–Crippen MR) is 96.2 cm³/mol. The van der Waals surface area contributed by atoms with Gasteiger partial charge in [0.05, 0.1) is 7.11 Å². The van der Waals surface area contributed by atoms with Crippen molar-refractivity contribution in [3.05, 3.63) is 29.6 Å². The average molecular weight is 365 g/mol. The van der Waals surface area contributed by atoms with Crippen LogP contribution in [-0.2, 0) is 0 Å². The molecule has 2 rings (SSSR count). The average Bonchev–Trinajstić information content (AvgIpc) is 2.99. The lowest BCUT2D eigenvalue weighted by Gasteiger charge is -2.28. The Morgan fingerprint density at radius 2 is 2.12 bits per heavy atom. The van der Waals surface area contributed by atoms with Crippen LogP contribution in [0.2, 0.25) is 0 Å². The summed E-state index contributed by atoms with van der Waals surface area (Å²) in [5, 5.41) is 16.5. The Hall–Kier alpha value is -2.61. The first-order chi connectivity index (χ1) is 12.3. The summed E-state index contributed by atoms with van der Waals surface area (Å²) in [4.78, 5) is 13.8. The zero-order valence-corrected chi connectivity index (χ0v) is 15.5. The van der Waals surface area contributed by atoms with E-state index in [0.29, 0.717) is 18.0 Å².